The fourth-order valence-electron chi connectivity index (χ4n) is 1.63. The van der Waals surface area contributed by atoms with Crippen LogP contribution < -0.4 is 5.32 Å². The molecule has 1 aromatic heterocycles. The van der Waals surface area contributed by atoms with Crippen LogP contribution in [-0.4, -0.2) is 13.2 Å². The quantitative estimate of drug-likeness (QED) is 0.708. The van der Waals surface area contributed by atoms with E-state index in [0.29, 0.717) is 0 Å². The molecule has 0 aliphatic carbocycles. The van der Waals surface area contributed by atoms with Crippen molar-refractivity contribution in [3.05, 3.63) is 21.9 Å². The van der Waals surface area contributed by atoms with E-state index in [1.807, 2.05) is 0 Å². The molecule has 0 saturated carbocycles. The van der Waals surface area contributed by atoms with Crippen molar-refractivity contribution < 1.29 is 4.39 Å². The third-order valence-corrected chi connectivity index (χ3v) is 3.44. The Morgan fingerprint density at radius 1 is 1.67 bits per heavy atom. The normalized spacial score (nSPS) is 23.2. The summed E-state index contributed by atoms with van der Waals surface area (Å²) in [5.41, 5.74) is 1.29. The zero-order chi connectivity index (χ0) is 8.39. The van der Waals surface area contributed by atoms with E-state index in [4.69, 9.17) is 0 Å². The third-order valence-electron chi connectivity index (χ3n) is 2.32. The van der Waals surface area contributed by atoms with E-state index in [0.717, 1.165) is 19.5 Å². The molecule has 0 bridgehead atoms. The Morgan fingerprint density at radius 2 is 2.58 bits per heavy atom. The van der Waals surface area contributed by atoms with Crippen molar-refractivity contribution in [1.82, 2.24) is 5.32 Å². The van der Waals surface area contributed by atoms with E-state index >= 15 is 0 Å². The average molecular weight is 185 g/mol. The van der Waals surface area contributed by atoms with Crippen molar-refractivity contribution in [2.75, 3.05) is 13.2 Å². The standard InChI is InChI=1S/C9H12FNS/c10-5-7-1-3-11-6-8-2-4-12-9(7)8/h2,4,7,11H,1,3,5-6H2. The van der Waals surface area contributed by atoms with E-state index in [9.17, 15) is 4.39 Å². The van der Waals surface area contributed by atoms with Crippen LogP contribution in [0.15, 0.2) is 11.4 Å². The van der Waals surface area contributed by atoms with Gasteiger partial charge in [-0.3, -0.25) is 4.39 Å². The second-order valence-corrected chi connectivity index (χ2v) is 4.07. The molecule has 1 aliphatic rings. The summed E-state index contributed by atoms with van der Waals surface area (Å²) >= 11 is 1.69. The van der Waals surface area contributed by atoms with Crippen molar-refractivity contribution in [2.24, 2.45) is 0 Å². The molecule has 0 amide bonds. The molecule has 1 unspecified atom stereocenters. The molecule has 2 rings (SSSR count). The topological polar surface area (TPSA) is 12.0 Å². The van der Waals surface area contributed by atoms with Crippen LogP contribution in [0.1, 0.15) is 22.8 Å². The lowest BCUT2D eigenvalue weighted by atomic mass is 10.0. The number of halogens is 1. The van der Waals surface area contributed by atoms with Gasteiger partial charge in [0.2, 0.25) is 0 Å². The first-order valence-electron chi connectivity index (χ1n) is 4.24. The number of alkyl halides is 1. The van der Waals surface area contributed by atoms with E-state index in [-0.39, 0.29) is 12.6 Å². The summed E-state index contributed by atoms with van der Waals surface area (Å²) in [6.07, 6.45) is 0.935. The zero-order valence-electron chi connectivity index (χ0n) is 6.85. The fourth-order valence-corrected chi connectivity index (χ4v) is 2.67. The third kappa shape index (κ3) is 1.39. The molecule has 0 saturated heterocycles. The summed E-state index contributed by atoms with van der Waals surface area (Å²) in [7, 11) is 0. The highest BCUT2D eigenvalue weighted by Crippen LogP contribution is 2.30. The molecule has 1 atom stereocenters. The highest BCUT2D eigenvalue weighted by Gasteiger charge is 2.18. The summed E-state index contributed by atoms with van der Waals surface area (Å²) in [4.78, 5) is 1.25. The predicted octanol–water partition coefficient (Wildman–Crippen LogP) is 2.29. The first kappa shape index (κ1) is 8.20. The van der Waals surface area contributed by atoms with Crippen molar-refractivity contribution in [1.29, 1.82) is 0 Å². The van der Waals surface area contributed by atoms with E-state index in [1.54, 1.807) is 11.3 Å². The van der Waals surface area contributed by atoms with Crippen LogP contribution in [0.25, 0.3) is 0 Å². The van der Waals surface area contributed by atoms with Crippen LogP contribution in [0.4, 0.5) is 4.39 Å². The highest BCUT2D eigenvalue weighted by atomic mass is 32.1. The predicted molar refractivity (Wildman–Crippen MR) is 49.4 cm³/mol. The minimum Gasteiger partial charge on any atom is -0.313 e. The monoisotopic (exact) mass is 185 g/mol. The van der Waals surface area contributed by atoms with Gasteiger partial charge in [0.1, 0.15) is 0 Å². The molecule has 0 radical (unpaired) electrons. The van der Waals surface area contributed by atoms with Gasteiger partial charge in [-0.15, -0.1) is 11.3 Å². The maximum absolute atomic E-state index is 12.6. The lowest BCUT2D eigenvalue weighted by molar-refractivity contribution is 0.419. The average Bonchev–Trinajstić information content (AvgIpc) is 2.46. The summed E-state index contributed by atoms with van der Waals surface area (Å²) < 4.78 is 12.6. The molecule has 0 fully saturated rings. The largest absolute Gasteiger partial charge is 0.313 e. The van der Waals surface area contributed by atoms with Gasteiger partial charge in [0.25, 0.3) is 0 Å². The Morgan fingerprint density at radius 3 is 3.42 bits per heavy atom. The molecule has 2 heterocycles. The van der Waals surface area contributed by atoms with E-state index in [1.165, 1.54) is 10.4 Å². The number of hydrogen-bond donors (Lipinski definition) is 1. The Labute approximate surface area is 75.6 Å². The van der Waals surface area contributed by atoms with Gasteiger partial charge in [-0.1, -0.05) is 0 Å². The Kier molecular flexibility index (Phi) is 2.42. The molecule has 1 N–H and O–H groups in total. The molecule has 0 spiro atoms. The number of thiophene rings is 1. The van der Waals surface area contributed by atoms with Crippen LogP contribution in [0.3, 0.4) is 0 Å². The lowest BCUT2D eigenvalue weighted by Crippen LogP contribution is -2.12. The summed E-state index contributed by atoms with van der Waals surface area (Å²) in [6, 6.07) is 2.10. The molecule has 12 heavy (non-hydrogen) atoms. The lowest BCUT2D eigenvalue weighted by Gasteiger charge is -2.07. The van der Waals surface area contributed by atoms with Crippen molar-refractivity contribution in [2.45, 2.75) is 18.9 Å². The van der Waals surface area contributed by atoms with Gasteiger partial charge in [-0.05, 0) is 30.0 Å². The van der Waals surface area contributed by atoms with Gasteiger partial charge in [-0.25, -0.2) is 0 Å². The second kappa shape index (κ2) is 3.54. The van der Waals surface area contributed by atoms with Gasteiger partial charge in [0, 0.05) is 17.3 Å². The minimum atomic E-state index is -0.213. The van der Waals surface area contributed by atoms with Crippen molar-refractivity contribution >= 4 is 11.3 Å². The van der Waals surface area contributed by atoms with Crippen LogP contribution in [0, 0.1) is 0 Å². The smallest absolute Gasteiger partial charge is 0.0971 e. The summed E-state index contributed by atoms with van der Waals surface area (Å²) in [6.45, 7) is 1.64. The van der Waals surface area contributed by atoms with Crippen molar-refractivity contribution in [3.63, 3.8) is 0 Å². The van der Waals surface area contributed by atoms with E-state index in [2.05, 4.69) is 16.8 Å². The molecular formula is C9H12FNS. The van der Waals surface area contributed by atoms with Gasteiger partial charge < -0.3 is 5.32 Å². The maximum Gasteiger partial charge on any atom is 0.0971 e. The van der Waals surface area contributed by atoms with E-state index < -0.39 is 0 Å². The Bertz CT molecular complexity index is 259. The second-order valence-electron chi connectivity index (χ2n) is 3.13. The molecule has 1 aliphatic heterocycles. The highest BCUT2D eigenvalue weighted by molar-refractivity contribution is 7.10. The molecule has 0 aromatic carbocycles. The molecular weight excluding hydrogens is 173 g/mol. The van der Waals surface area contributed by atoms with Gasteiger partial charge in [0.15, 0.2) is 0 Å². The fraction of sp³-hybridized carbons (Fsp3) is 0.556. The van der Waals surface area contributed by atoms with Gasteiger partial charge in [0.05, 0.1) is 6.67 Å². The maximum atomic E-state index is 12.6. The zero-order valence-corrected chi connectivity index (χ0v) is 7.66. The van der Waals surface area contributed by atoms with Gasteiger partial charge in [-0.2, -0.15) is 0 Å². The van der Waals surface area contributed by atoms with Gasteiger partial charge >= 0.3 is 0 Å². The first-order chi connectivity index (χ1) is 5.92. The minimum absolute atomic E-state index is 0.148. The number of nitrogens with one attached hydrogen (secondary N) is 1. The summed E-state index contributed by atoms with van der Waals surface area (Å²) in [5, 5.41) is 5.35. The van der Waals surface area contributed by atoms with Crippen LogP contribution in [0.2, 0.25) is 0 Å². The Hall–Kier alpha value is -0.410. The summed E-state index contributed by atoms with van der Waals surface area (Å²) in [5.74, 6) is 0.148. The number of hydrogen-bond acceptors (Lipinski definition) is 2. The first-order valence-corrected chi connectivity index (χ1v) is 5.12. The van der Waals surface area contributed by atoms with Crippen molar-refractivity contribution in [3.8, 4) is 0 Å². The number of rotatable bonds is 1. The molecule has 1 nitrogen and oxygen atoms in total. The molecule has 3 heteroatoms. The van der Waals surface area contributed by atoms with Crippen LogP contribution in [0.5, 0.6) is 0 Å². The molecule has 1 aromatic rings. The van der Waals surface area contributed by atoms with Crippen LogP contribution in [-0.2, 0) is 6.54 Å². The molecule has 66 valence electrons. The van der Waals surface area contributed by atoms with Crippen LogP contribution >= 0.6 is 11.3 Å². The number of fused-ring (bicyclic) bond motifs is 1. The Balaban J connectivity index is 2.29. The SMILES string of the molecule is FCC1CCNCc2ccsc21.